The van der Waals surface area contributed by atoms with Crippen LogP contribution in [0.2, 0.25) is 5.02 Å². The van der Waals surface area contributed by atoms with E-state index in [2.05, 4.69) is 4.98 Å². The summed E-state index contributed by atoms with van der Waals surface area (Å²) in [7, 11) is 0. The molecular weight excluding hydrogens is 367 g/mol. The normalized spacial score (nSPS) is 11.4. The molecule has 0 spiro atoms. The van der Waals surface area contributed by atoms with Gasteiger partial charge in [0.05, 0.1) is 0 Å². The average Bonchev–Trinajstić information content (AvgIpc) is 2.49. The molecule has 0 unspecified atom stereocenters. The van der Waals surface area contributed by atoms with E-state index < -0.39 is 17.1 Å². The van der Waals surface area contributed by atoms with Crippen LogP contribution >= 0.6 is 23.4 Å². The van der Waals surface area contributed by atoms with Gasteiger partial charge >= 0.3 is 5.97 Å². The molecule has 0 aliphatic carbocycles. The second kappa shape index (κ2) is 8.01. The lowest BCUT2D eigenvalue weighted by atomic mass is 10.2. The summed E-state index contributed by atoms with van der Waals surface area (Å²) in [5.74, 6) is -0.319. The van der Waals surface area contributed by atoms with Gasteiger partial charge in [0, 0.05) is 11.9 Å². The van der Waals surface area contributed by atoms with Crippen molar-refractivity contribution in [2.75, 3.05) is 0 Å². The monoisotopic (exact) mass is 384 g/mol. The molecule has 5 nitrogen and oxygen atoms in total. The number of esters is 1. The molecule has 0 aliphatic rings. The first-order chi connectivity index (χ1) is 11.6. The van der Waals surface area contributed by atoms with Crippen molar-refractivity contribution in [2.45, 2.75) is 43.8 Å². The van der Waals surface area contributed by atoms with Crippen LogP contribution in [0.15, 0.2) is 40.4 Å². The number of rotatable bonds is 5. The van der Waals surface area contributed by atoms with E-state index in [0.717, 1.165) is 5.56 Å². The fraction of sp³-hybridized carbons (Fsp3) is 0.353. The molecule has 1 heterocycles. The maximum Gasteiger partial charge on any atom is 0.326 e. The Bertz CT molecular complexity index is 816. The molecule has 0 amide bonds. The van der Waals surface area contributed by atoms with Crippen molar-refractivity contribution in [3.63, 3.8) is 0 Å². The van der Waals surface area contributed by atoms with E-state index in [1.54, 1.807) is 32.9 Å². The maximum atomic E-state index is 13.0. The van der Waals surface area contributed by atoms with Crippen LogP contribution in [0.5, 0.6) is 0 Å². The molecule has 2 rings (SSSR count). The standard InChI is InChI=1S/C17H18ClFN2O3S/c1-17(2,3)24-14(22)9-21-8-13(18)15(23)20-16(21)25-10-11-4-6-12(19)7-5-11/h4-8H,9-10H2,1-3H3. The summed E-state index contributed by atoms with van der Waals surface area (Å²) in [4.78, 5) is 27.7. The molecular formula is C17H18ClFN2O3S. The van der Waals surface area contributed by atoms with Crippen LogP contribution in [0.1, 0.15) is 26.3 Å². The largest absolute Gasteiger partial charge is 0.459 e. The zero-order valence-electron chi connectivity index (χ0n) is 14.1. The van der Waals surface area contributed by atoms with E-state index in [1.165, 1.54) is 34.7 Å². The van der Waals surface area contributed by atoms with Crippen molar-refractivity contribution in [1.29, 1.82) is 0 Å². The minimum atomic E-state index is -0.616. The van der Waals surface area contributed by atoms with Gasteiger partial charge in [-0.1, -0.05) is 35.5 Å². The number of halogens is 2. The van der Waals surface area contributed by atoms with Crippen molar-refractivity contribution in [1.82, 2.24) is 9.55 Å². The van der Waals surface area contributed by atoms with Crippen LogP contribution in [0, 0.1) is 5.82 Å². The van der Waals surface area contributed by atoms with Crippen LogP contribution in [0.25, 0.3) is 0 Å². The molecule has 8 heteroatoms. The molecule has 1 aromatic carbocycles. The summed E-state index contributed by atoms with van der Waals surface area (Å²) in [6.07, 6.45) is 1.37. The third-order valence-electron chi connectivity index (χ3n) is 2.92. The highest BCUT2D eigenvalue weighted by Crippen LogP contribution is 2.21. The Kier molecular flexibility index (Phi) is 6.24. The minimum absolute atomic E-state index is 0.0744. The average molecular weight is 385 g/mol. The van der Waals surface area contributed by atoms with Crippen molar-refractivity contribution in [2.24, 2.45) is 0 Å². The van der Waals surface area contributed by atoms with Gasteiger partial charge in [-0.05, 0) is 38.5 Å². The Labute approximate surface area is 154 Å². The van der Waals surface area contributed by atoms with Gasteiger partial charge < -0.3 is 9.30 Å². The number of thioether (sulfide) groups is 1. The number of aromatic nitrogens is 2. The molecule has 0 N–H and O–H groups in total. The number of ether oxygens (including phenoxy) is 1. The molecule has 0 saturated heterocycles. The van der Waals surface area contributed by atoms with Crippen molar-refractivity contribution < 1.29 is 13.9 Å². The highest BCUT2D eigenvalue weighted by atomic mass is 35.5. The van der Waals surface area contributed by atoms with Gasteiger partial charge in [-0.2, -0.15) is 4.98 Å². The van der Waals surface area contributed by atoms with Crippen LogP contribution in [-0.2, 0) is 21.8 Å². The molecule has 0 radical (unpaired) electrons. The van der Waals surface area contributed by atoms with Crippen LogP contribution in [-0.4, -0.2) is 21.1 Å². The van der Waals surface area contributed by atoms with Gasteiger partial charge in [-0.15, -0.1) is 0 Å². The van der Waals surface area contributed by atoms with Gasteiger partial charge in [0.1, 0.15) is 23.0 Å². The van der Waals surface area contributed by atoms with Gasteiger partial charge in [0.25, 0.3) is 5.56 Å². The van der Waals surface area contributed by atoms with Gasteiger partial charge in [0.2, 0.25) is 0 Å². The Morgan fingerprint density at radius 1 is 1.32 bits per heavy atom. The van der Waals surface area contributed by atoms with E-state index in [4.69, 9.17) is 16.3 Å². The van der Waals surface area contributed by atoms with Gasteiger partial charge in [-0.3, -0.25) is 9.59 Å². The molecule has 0 aliphatic heterocycles. The number of nitrogens with zero attached hydrogens (tertiary/aromatic N) is 2. The van der Waals surface area contributed by atoms with Crippen LogP contribution in [0.3, 0.4) is 0 Å². The van der Waals surface area contributed by atoms with Gasteiger partial charge in [0.15, 0.2) is 5.16 Å². The quantitative estimate of drug-likeness (QED) is 0.447. The molecule has 0 bridgehead atoms. The summed E-state index contributed by atoms with van der Waals surface area (Å²) in [5, 5.41) is 0.263. The van der Waals surface area contributed by atoms with Crippen LogP contribution in [0.4, 0.5) is 4.39 Å². The molecule has 0 atom stereocenters. The van der Waals surface area contributed by atoms with Gasteiger partial charge in [-0.25, -0.2) is 4.39 Å². The highest BCUT2D eigenvalue weighted by Gasteiger charge is 2.18. The zero-order chi connectivity index (χ0) is 18.6. The van der Waals surface area contributed by atoms with Crippen molar-refractivity contribution in [3.8, 4) is 0 Å². The molecule has 1 aromatic heterocycles. The first-order valence-electron chi connectivity index (χ1n) is 7.50. The van der Waals surface area contributed by atoms with Crippen LogP contribution < -0.4 is 5.56 Å². The third-order valence-corrected chi connectivity index (χ3v) is 4.24. The Morgan fingerprint density at radius 3 is 2.56 bits per heavy atom. The lowest BCUT2D eigenvalue weighted by Crippen LogP contribution is -2.27. The second-order valence-electron chi connectivity index (χ2n) is 6.31. The number of hydrogen-bond donors (Lipinski definition) is 0. The third kappa shape index (κ3) is 6.17. The fourth-order valence-electron chi connectivity index (χ4n) is 1.92. The molecule has 25 heavy (non-hydrogen) atoms. The number of hydrogen-bond acceptors (Lipinski definition) is 5. The molecule has 0 saturated carbocycles. The highest BCUT2D eigenvalue weighted by molar-refractivity contribution is 7.98. The van der Waals surface area contributed by atoms with E-state index in [1.807, 2.05) is 0 Å². The SMILES string of the molecule is CC(C)(C)OC(=O)Cn1cc(Cl)c(=O)nc1SCc1ccc(F)cc1. The zero-order valence-corrected chi connectivity index (χ0v) is 15.7. The predicted molar refractivity (Wildman–Crippen MR) is 95.3 cm³/mol. The maximum absolute atomic E-state index is 13.0. The summed E-state index contributed by atoms with van der Waals surface area (Å²) in [5.41, 5.74) is -0.322. The Balaban J connectivity index is 2.18. The molecule has 134 valence electrons. The lowest BCUT2D eigenvalue weighted by molar-refractivity contribution is -0.155. The van der Waals surface area contributed by atoms with E-state index >= 15 is 0 Å². The Morgan fingerprint density at radius 2 is 1.96 bits per heavy atom. The lowest BCUT2D eigenvalue weighted by Gasteiger charge is -2.20. The number of carbonyl (C=O) groups excluding carboxylic acids is 1. The summed E-state index contributed by atoms with van der Waals surface area (Å²) < 4.78 is 19.7. The van der Waals surface area contributed by atoms with Crippen molar-refractivity contribution >= 4 is 29.3 Å². The Hall–Kier alpha value is -1.86. The predicted octanol–water partition coefficient (Wildman–Crippen LogP) is 3.67. The topological polar surface area (TPSA) is 61.2 Å². The minimum Gasteiger partial charge on any atom is -0.459 e. The molecule has 2 aromatic rings. The van der Waals surface area contributed by atoms with E-state index in [-0.39, 0.29) is 17.4 Å². The summed E-state index contributed by atoms with van der Waals surface area (Å²) in [6.45, 7) is 5.19. The van der Waals surface area contributed by atoms with E-state index in [0.29, 0.717) is 10.9 Å². The summed E-state index contributed by atoms with van der Waals surface area (Å²) in [6, 6.07) is 6.01. The summed E-state index contributed by atoms with van der Waals surface area (Å²) >= 11 is 7.09. The first-order valence-corrected chi connectivity index (χ1v) is 8.86. The van der Waals surface area contributed by atoms with E-state index in [9.17, 15) is 14.0 Å². The number of carbonyl (C=O) groups is 1. The second-order valence-corrected chi connectivity index (χ2v) is 7.66. The fourth-order valence-corrected chi connectivity index (χ4v) is 3.00. The molecule has 0 fully saturated rings. The van der Waals surface area contributed by atoms with Crippen molar-refractivity contribution in [3.05, 3.63) is 57.2 Å². The number of benzene rings is 1. The first kappa shape index (κ1) is 19.5. The smallest absolute Gasteiger partial charge is 0.326 e.